The normalized spacial score (nSPS) is 23.6. The van der Waals surface area contributed by atoms with Crippen molar-refractivity contribution in [3.63, 3.8) is 0 Å². The second-order valence-electron chi connectivity index (χ2n) is 5.74. The molecule has 2 atom stereocenters. The Labute approximate surface area is 109 Å². The van der Waals surface area contributed by atoms with Gasteiger partial charge in [-0.05, 0) is 31.2 Å². The Morgan fingerprint density at radius 1 is 1.33 bits per heavy atom. The minimum atomic E-state index is 0.0518. The monoisotopic (exact) mass is 246 g/mol. The number of Topliss-reactive ketones (excluding diaryl/α,β-unsaturated/α-hetero) is 1. The van der Waals surface area contributed by atoms with Gasteiger partial charge in [-0.3, -0.25) is 4.79 Å². The van der Waals surface area contributed by atoms with Gasteiger partial charge in [0.2, 0.25) is 0 Å². The highest BCUT2D eigenvalue weighted by atomic mass is 16.5. The molecular weight excluding hydrogens is 224 g/mol. The van der Waals surface area contributed by atoms with Crippen LogP contribution in [0.5, 0.6) is 0 Å². The van der Waals surface area contributed by atoms with E-state index < -0.39 is 0 Å². The van der Waals surface area contributed by atoms with Gasteiger partial charge in [0.15, 0.2) is 5.78 Å². The highest BCUT2D eigenvalue weighted by molar-refractivity contribution is 5.98. The Hall–Kier alpha value is -1.15. The second-order valence-corrected chi connectivity index (χ2v) is 5.74. The molecule has 2 nitrogen and oxygen atoms in total. The fraction of sp³-hybridized carbons (Fsp3) is 0.562. The van der Waals surface area contributed by atoms with Crippen LogP contribution < -0.4 is 0 Å². The average Bonchev–Trinajstić information content (AvgIpc) is 2.75. The molecule has 2 rings (SSSR count). The Bertz CT molecular complexity index is 406. The van der Waals surface area contributed by atoms with E-state index in [9.17, 15) is 4.79 Å². The van der Waals surface area contributed by atoms with Crippen molar-refractivity contribution in [2.24, 2.45) is 11.8 Å². The fourth-order valence-electron chi connectivity index (χ4n) is 2.51. The van der Waals surface area contributed by atoms with Crippen LogP contribution in [0, 0.1) is 11.8 Å². The molecule has 0 bridgehead atoms. The van der Waals surface area contributed by atoms with Crippen LogP contribution in [-0.4, -0.2) is 18.5 Å². The Morgan fingerprint density at radius 2 is 2.00 bits per heavy atom. The molecule has 1 fully saturated rings. The SMILES string of the molecule is CC(C)Cc1ccc(C(=O)C2COC(C)C2)cc1. The first-order valence-corrected chi connectivity index (χ1v) is 6.81. The van der Waals surface area contributed by atoms with E-state index in [1.165, 1.54) is 5.56 Å². The van der Waals surface area contributed by atoms with Crippen molar-refractivity contribution in [3.8, 4) is 0 Å². The van der Waals surface area contributed by atoms with Crippen LogP contribution in [0.15, 0.2) is 24.3 Å². The third-order valence-electron chi connectivity index (χ3n) is 3.45. The molecule has 0 saturated carbocycles. The lowest BCUT2D eigenvalue weighted by molar-refractivity contribution is 0.0877. The highest BCUT2D eigenvalue weighted by Gasteiger charge is 2.28. The lowest BCUT2D eigenvalue weighted by atomic mass is 9.94. The zero-order valence-electron chi connectivity index (χ0n) is 11.5. The summed E-state index contributed by atoms with van der Waals surface area (Å²) in [6.45, 7) is 7.01. The van der Waals surface area contributed by atoms with Gasteiger partial charge in [-0.1, -0.05) is 38.1 Å². The van der Waals surface area contributed by atoms with E-state index in [1.54, 1.807) is 0 Å². The number of rotatable bonds is 4. The van der Waals surface area contributed by atoms with Gasteiger partial charge in [0.25, 0.3) is 0 Å². The molecule has 18 heavy (non-hydrogen) atoms. The standard InChI is InChI=1S/C16H22O2/c1-11(2)8-13-4-6-14(7-5-13)16(17)15-9-12(3)18-10-15/h4-7,11-12,15H,8-10H2,1-3H3. The van der Waals surface area contributed by atoms with E-state index in [0.29, 0.717) is 12.5 Å². The van der Waals surface area contributed by atoms with E-state index in [2.05, 4.69) is 26.0 Å². The van der Waals surface area contributed by atoms with E-state index >= 15 is 0 Å². The summed E-state index contributed by atoms with van der Waals surface area (Å²) in [4.78, 5) is 12.2. The van der Waals surface area contributed by atoms with Crippen molar-refractivity contribution in [1.82, 2.24) is 0 Å². The van der Waals surface area contributed by atoms with Gasteiger partial charge in [-0.15, -0.1) is 0 Å². The zero-order valence-corrected chi connectivity index (χ0v) is 11.5. The van der Waals surface area contributed by atoms with Gasteiger partial charge in [0, 0.05) is 11.5 Å². The van der Waals surface area contributed by atoms with Crippen LogP contribution in [0.1, 0.15) is 43.1 Å². The maximum atomic E-state index is 12.2. The maximum absolute atomic E-state index is 12.2. The summed E-state index contributed by atoms with van der Waals surface area (Å²) in [5.74, 6) is 0.932. The summed E-state index contributed by atoms with van der Waals surface area (Å²) >= 11 is 0. The Kier molecular flexibility index (Phi) is 4.18. The van der Waals surface area contributed by atoms with Gasteiger partial charge in [-0.2, -0.15) is 0 Å². The third-order valence-corrected chi connectivity index (χ3v) is 3.45. The number of ether oxygens (including phenoxy) is 1. The van der Waals surface area contributed by atoms with E-state index in [-0.39, 0.29) is 17.8 Å². The molecule has 0 radical (unpaired) electrons. The number of carbonyl (C=O) groups excluding carboxylic acids is 1. The van der Waals surface area contributed by atoms with Gasteiger partial charge in [-0.25, -0.2) is 0 Å². The summed E-state index contributed by atoms with van der Waals surface area (Å²) in [6, 6.07) is 8.07. The van der Waals surface area contributed by atoms with Crippen LogP contribution >= 0.6 is 0 Å². The molecule has 1 aromatic carbocycles. The molecule has 0 spiro atoms. The molecule has 2 unspecified atom stereocenters. The predicted molar refractivity (Wildman–Crippen MR) is 72.8 cm³/mol. The molecule has 0 N–H and O–H groups in total. The number of carbonyl (C=O) groups is 1. The van der Waals surface area contributed by atoms with Gasteiger partial charge in [0.05, 0.1) is 12.7 Å². The zero-order chi connectivity index (χ0) is 13.1. The van der Waals surface area contributed by atoms with Crippen LogP contribution in [-0.2, 0) is 11.2 Å². The molecule has 1 aliphatic rings. The van der Waals surface area contributed by atoms with Gasteiger partial charge in [0.1, 0.15) is 0 Å². The number of benzene rings is 1. The van der Waals surface area contributed by atoms with Crippen molar-refractivity contribution < 1.29 is 9.53 Å². The van der Waals surface area contributed by atoms with Crippen molar-refractivity contribution in [1.29, 1.82) is 0 Å². The van der Waals surface area contributed by atoms with Crippen molar-refractivity contribution in [2.45, 2.75) is 39.7 Å². The van der Waals surface area contributed by atoms with Crippen molar-refractivity contribution in [3.05, 3.63) is 35.4 Å². The van der Waals surface area contributed by atoms with Gasteiger partial charge >= 0.3 is 0 Å². The molecule has 0 aromatic heterocycles. The number of ketones is 1. The minimum absolute atomic E-state index is 0.0518. The molecular formula is C16H22O2. The Morgan fingerprint density at radius 3 is 2.50 bits per heavy atom. The molecule has 0 amide bonds. The summed E-state index contributed by atoms with van der Waals surface area (Å²) in [5.41, 5.74) is 2.13. The number of hydrogen-bond acceptors (Lipinski definition) is 2. The molecule has 1 heterocycles. The molecule has 0 aliphatic carbocycles. The largest absolute Gasteiger partial charge is 0.378 e. The molecule has 1 saturated heterocycles. The molecule has 1 aliphatic heterocycles. The fourth-order valence-corrected chi connectivity index (χ4v) is 2.51. The number of hydrogen-bond donors (Lipinski definition) is 0. The summed E-state index contributed by atoms with van der Waals surface area (Å²) in [7, 11) is 0. The van der Waals surface area contributed by atoms with Crippen LogP contribution in [0.25, 0.3) is 0 Å². The third kappa shape index (κ3) is 3.20. The topological polar surface area (TPSA) is 26.3 Å². The van der Waals surface area contributed by atoms with Crippen molar-refractivity contribution in [2.75, 3.05) is 6.61 Å². The van der Waals surface area contributed by atoms with E-state index in [1.807, 2.05) is 19.1 Å². The van der Waals surface area contributed by atoms with Crippen LogP contribution in [0.2, 0.25) is 0 Å². The second kappa shape index (κ2) is 5.66. The molecule has 1 aromatic rings. The summed E-state index contributed by atoms with van der Waals surface area (Å²) in [6.07, 6.45) is 2.14. The smallest absolute Gasteiger partial charge is 0.168 e. The molecule has 98 valence electrons. The van der Waals surface area contributed by atoms with E-state index in [0.717, 1.165) is 18.4 Å². The lowest BCUT2D eigenvalue weighted by Crippen LogP contribution is -2.14. The average molecular weight is 246 g/mol. The Balaban J connectivity index is 2.03. The quantitative estimate of drug-likeness (QED) is 0.760. The summed E-state index contributed by atoms with van der Waals surface area (Å²) < 4.78 is 5.46. The van der Waals surface area contributed by atoms with E-state index in [4.69, 9.17) is 4.74 Å². The first-order valence-electron chi connectivity index (χ1n) is 6.81. The minimum Gasteiger partial charge on any atom is -0.378 e. The maximum Gasteiger partial charge on any atom is 0.168 e. The van der Waals surface area contributed by atoms with Gasteiger partial charge < -0.3 is 4.74 Å². The highest BCUT2D eigenvalue weighted by Crippen LogP contribution is 2.23. The first-order chi connectivity index (χ1) is 8.56. The predicted octanol–water partition coefficient (Wildman–Crippen LogP) is 3.49. The lowest BCUT2D eigenvalue weighted by Gasteiger charge is -2.09. The molecule has 2 heteroatoms. The first kappa shape index (κ1) is 13.3. The summed E-state index contributed by atoms with van der Waals surface area (Å²) in [5, 5.41) is 0. The van der Waals surface area contributed by atoms with Crippen LogP contribution in [0.4, 0.5) is 0 Å². The van der Waals surface area contributed by atoms with Crippen LogP contribution in [0.3, 0.4) is 0 Å². The van der Waals surface area contributed by atoms with Crippen molar-refractivity contribution >= 4 is 5.78 Å².